The van der Waals surface area contributed by atoms with E-state index >= 15 is 0 Å². The van der Waals surface area contributed by atoms with E-state index in [1.807, 2.05) is 0 Å². The van der Waals surface area contributed by atoms with Crippen LogP contribution in [-0.4, -0.2) is 13.7 Å². The lowest BCUT2D eigenvalue weighted by atomic mass is 10.1. The van der Waals surface area contributed by atoms with Crippen LogP contribution in [0.5, 0.6) is 5.75 Å². The van der Waals surface area contributed by atoms with Crippen LogP contribution in [0.2, 0.25) is 0 Å². The molecule has 0 bridgehead atoms. The van der Waals surface area contributed by atoms with Crippen molar-refractivity contribution in [2.75, 3.05) is 13.7 Å². The Labute approximate surface area is 99.5 Å². The molecule has 0 radical (unpaired) electrons. The molecule has 5 heteroatoms. The molecule has 0 amide bonds. The van der Waals surface area contributed by atoms with E-state index < -0.39 is 5.82 Å². The molecule has 0 atom stereocenters. The van der Waals surface area contributed by atoms with Crippen molar-refractivity contribution < 1.29 is 13.5 Å². The molecule has 1 aromatic rings. The van der Waals surface area contributed by atoms with Crippen LogP contribution in [-0.2, 0) is 6.42 Å². The highest BCUT2D eigenvalue weighted by molar-refractivity contribution is 5.85. The molecule has 0 aliphatic rings. The topological polar surface area (TPSA) is 35.2 Å². The molecule has 0 aliphatic heterocycles. The average molecular weight is 250 g/mol. The summed E-state index contributed by atoms with van der Waals surface area (Å²) >= 11 is 0. The number of benzene rings is 1. The summed E-state index contributed by atoms with van der Waals surface area (Å²) in [5.74, 6) is -0.275. The van der Waals surface area contributed by atoms with Crippen molar-refractivity contribution in [1.82, 2.24) is 0 Å². The molecule has 16 heavy (non-hydrogen) atoms. The van der Waals surface area contributed by atoms with Crippen LogP contribution in [0, 0.1) is 5.82 Å². The van der Waals surface area contributed by atoms with E-state index in [0.717, 1.165) is 0 Å². The molecule has 2 N–H and O–H groups in total. The van der Waals surface area contributed by atoms with Gasteiger partial charge in [-0.2, -0.15) is 0 Å². The quantitative estimate of drug-likeness (QED) is 0.890. The third-order valence-corrected chi connectivity index (χ3v) is 2.06. The van der Waals surface area contributed by atoms with Crippen molar-refractivity contribution in [3.05, 3.63) is 41.5 Å². The minimum absolute atomic E-state index is 0. The summed E-state index contributed by atoms with van der Waals surface area (Å²) in [7, 11) is 1.39. The van der Waals surface area contributed by atoms with E-state index in [9.17, 15) is 8.78 Å². The summed E-state index contributed by atoms with van der Waals surface area (Å²) in [6.07, 6.45) is 0.774. The van der Waals surface area contributed by atoms with Crippen LogP contribution >= 0.6 is 12.4 Å². The zero-order valence-electron chi connectivity index (χ0n) is 8.87. The molecular formula is C11H14ClF2NO. The van der Waals surface area contributed by atoms with Gasteiger partial charge in [-0.1, -0.05) is 6.07 Å². The Bertz CT molecular complexity index is 369. The fourth-order valence-corrected chi connectivity index (χ4v) is 1.24. The van der Waals surface area contributed by atoms with Gasteiger partial charge in [0.15, 0.2) is 11.6 Å². The van der Waals surface area contributed by atoms with Crippen LogP contribution in [0.3, 0.4) is 0 Å². The molecule has 1 aromatic carbocycles. The van der Waals surface area contributed by atoms with Gasteiger partial charge in [0, 0.05) is 6.54 Å². The number of nitrogens with two attached hydrogens (primary N) is 1. The van der Waals surface area contributed by atoms with Crippen LogP contribution in [0.4, 0.5) is 8.78 Å². The minimum atomic E-state index is -0.453. The molecule has 0 spiro atoms. The third kappa shape index (κ3) is 3.79. The Hall–Kier alpha value is -1.13. The van der Waals surface area contributed by atoms with Crippen LogP contribution in [0.15, 0.2) is 30.1 Å². The van der Waals surface area contributed by atoms with Gasteiger partial charge < -0.3 is 10.5 Å². The molecule has 0 saturated carbocycles. The molecule has 2 nitrogen and oxygen atoms in total. The molecule has 0 fully saturated rings. The van der Waals surface area contributed by atoms with E-state index in [4.69, 9.17) is 10.5 Å². The van der Waals surface area contributed by atoms with Crippen molar-refractivity contribution in [2.45, 2.75) is 6.42 Å². The van der Waals surface area contributed by atoms with Crippen LogP contribution < -0.4 is 10.5 Å². The monoisotopic (exact) mass is 249 g/mol. The van der Waals surface area contributed by atoms with Gasteiger partial charge in [-0.3, -0.25) is 0 Å². The maximum absolute atomic E-state index is 13.2. The van der Waals surface area contributed by atoms with E-state index in [0.29, 0.717) is 23.9 Å². The largest absolute Gasteiger partial charge is 0.494 e. The molecule has 0 unspecified atom stereocenters. The summed E-state index contributed by atoms with van der Waals surface area (Å²) in [6.45, 7) is 0.129. The predicted molar refractivity (Wildman–Crippen MR) is 62.1 cm³/mol. The zero-order chi connectivity index (χ0) is 11.3. The van der Waals surface area contributed by atoms with Gasteiger partial charge >= 0.3 is 0 Å². The van der Waals surface area contributed by atoms with Gasteiger partial charge in [-0.15, -0.1) is 12.4 Å². The molecule has 1 rings (SSSR count). The standard InChI is InChI=1S/C11H13F2NO.ClH/c1-15-11-3-2-8(5-10(11)13)4-9(6-12)7-14;/h2-3,5-6H,4,7,14H2,1H3;1H/b9-6-;. The zero-order valence-corrected chi connectivity index (χ0v) is 9.69. The summed E-state index contributed by atoms with van der Waals surface area (Å²) in [5.41, 5.74) is 6.40. The first-order valence-corrected chi connectivity index (χ1v) is 4.52. The van der Waals surface area contributed by atoms with Crippen molar-refractivity contribution in [3.8, 4) is 5.75 Å². The van der Waals surface area contributed by atoms with Crippen molar-refractivity contribution >= 4 is 12.4 Å². The summed E-state index contributed by atoms with van der Waals surface area (Å²) in [6, 6.07) is 4.51. The highest BCUT2D eigenvalue weighted by atomic mass is 35.5. The first-order chi connectivity index (χ1) is 7.21. The number of hydrogen-bond donors (Lipinski definition) is 1. The number of halogens is 3. The Morgan fingerprint density at radius 3 is 2.62 bits per heavy atom. The maximum atomic E-state index is 13.2. The fraction of sp³-hybridized carbons (Fsp3) is 0.273. The Morgan fingerprint density at radius 2 is 2.19 bits per heavy atom. The number of ether oxygens (including phenoxy) is 1. The van der Waals surface area contributed by atoms with Crippen molar-refractivity contribution in [3.63, 3.8) is 0 Å². The molecule has 0 aromatic heterocycles. The third-order valence-electron chi connectivity index (χ3n) is 2.06. The van der Waals surface area contributed by atoms with E-state index in [1.54, 1.807) is 6.07 Å². The van der Waals surface area contributed by atoms with Gasteiger partial charge in [0.25, 0.3) is 0 Å². The molecule has 0 saturated heterocycles. The fourth-order valence-electron chi connectivity index (χ4n) is 1.24. The second-order valence-corrected chi connectivity index (χ2v) is 3.12. The van der Waals surface area contributed by atoms with Gasteiger partial charge in [0.1, 0.15) is 0 Å². The lowest BCUT2D eigenvalue weighted by Gasteiger charge is -2.06. The van der Waals surface area contributed by atoms with E-state index in [2.05, 4.69) is 0 Å². The Balaban J connectivity index is 0.00000225. The number of hydrogen-bond acceptors (Lipinski definition) is 2. The summed E-state index contributed by atoms with van der Waals surface area (Å²) < 4.78 is 30.2. The Kier molecular flexibility index (Phi) is 6.69. The minimum Gasteiger partial charge on any atom is -0.494 e. The van der Waals surface area contributed by atoms with Crippen molar-refractivity contribution in [1.29, 1.82) is 0 Å². The Morgan fingerprint density at radius 1 is 1.50 bits per heavy atom. The highest BCUT2D eigenvalue weighted by Crippen LogP contribution is 2.19. The first kappa shape index (κ1) is 14.9. The first-order valence-electron chi connectivity index (χ1n) is 4.52. The average Bonchev–Trinajstić information content (AvgIpc) is 2.26. The van der Waals surface area contributed by atoms with Crippen molar-refractivity contribution in [2.24, 2.45) is 5.73 Å². The normalized spacial score (nSPS) is 10.9. The second-order valence-electron chi connectivity index (χ2n) is 3.12. The van der Waals surface area contributed by atoms with Crippen LogP contribution in [0.1, 0.15) is 5.56 Å². The van der Waals surface area contributed by atoms with Gasteiger partial charge in [-0.05, 0) is 29.7 Å². The smallest absolute Gasteiger partial charge is 0.165 e. The second kappa shape index (κ2) is 7.19. The molecule has 0 aliphatic carbocycles. The summed E-state index contributed by atoms with van der Waals surface area (Å²) in [4.78, 5) is 0. The molecule has 90 valence electrons. The SMILES string of the molecule is COc1ccc(C/C(=C/F)CN)cc1F.Cl. The lowest BCUT2D eigenvalue weighted by molar-refractivity contribution is 0.386. The van der Waals surface area contributed by atoms with Gasteiger partial charge in [0.2, 0.25) is 0 Å². The van der Waals surface area contributed by atoms with E-state index in [1.165, 1.54) is 19.2 Å². The lowest BCUT2D eigenvalue weighted by Crippen LogP contribution is -2.05. The van der Waals surface area contributed by atoms with E-state index in [-0.39, 0.29) is 24.7 Å². The predicted octanol–water partition coefficient (Wildman–Crippen LogP) is 2.61. The maximum Gasteiger partial charge on any atom is 0.165 e. The van der Waals surface area contributed by atoms with Gasteiger partial charge in [0.05, 0.1) is 13.4 Å². The number of rotatable bonds is 4. The van der Waals surface area contributed by atoms with Gasteiger partial charge in [-0.25, -0.2) is 8.78 Å². The van der Waals surface area contributed by atoms with Crippen LogP contribution in [0.25, 0.3) is 0 Å². The number of methoxy groups -OCH3 is 1. The molecule has 0 heterocycles. The molecular weight excluding hydrogens is 236 g/mol. The summed E-state index contributed by atoms with van der Waals surface area (Å²) in [5, 5.41) is 0. The highest BCUT2D eigenvalue weighted by Gasteiger charge is 2.04.